The zero-order valence-corrected chi connectivity index (χ0v) is 17.4. The first kappa shape index (κ1) is 23.1. The smallest absolute Gasteiger partial charge is 0.280 e. The van der Waals surface area contributed by atoms with Gasteiger partial charge in [0.05, 0.1) is 30.2 Å². The number of carbonyl (C=O) groups excluding carboxylic acids is 1. The average Bonchev–Trinajstić information content (AvgIpc) is 2.72. The van der Waals surface area contributed by atoms with Crippen LogP contribution in [0.25, 0.3) is 22.3 Å². The molecule has 7 nitrogen and oxygen atoms in total. The molecule has 1 saturated heterocycles. The molecule has 1 aliphatic heterocycles. The van der Waals surface area contributed by atoms with E-state index < -0.39 is 6.10 Å². The lowest BCUT2D eigenvalue weighted by Crippen LogP contribution is -2.46. The number of piperidine rings is 1. The third-order valence-corrected chi connectivity index (χ3v) is 5.67. The van der Waals surface area contributed by atoms with Crippen LogP contribution < -0.4 is 10.9 Å². The molecular formula is C23H27ClN4O3. The van der Waals surface area contributed by atoms with E-state index in [-0.39, 0.29) is 43.3 Å². The maximum Gasteiger partial charge on any atom is 0.280 e. The molecule has 164 valence electrons. The van der Waals surface area contributed by atoms with Gasteiger partial charge < -0.3 is 10.4 Å². The van der Waals surface area contributed by atoms with Crippen molar-refractivity contribution in [2.45, 2.75) is 52.3 Å². The van der Waals surface area contributed by atoms with Crippen LogP contribution in [-0.2, 0) is 11.3 Å². The van der Waals surface area contributed by atoms with Crippen molar-refractivity contribution in [3.05, 3.63) is 57.6 Å². The second kappa shape index (κ2) is 9.68. The highest BCUT2D eigenvalue weighted by atomic mass is 35.5. The molecule has 0 saturated carbocycles. The molecule has 8 heteroatoms. The van der Waals surface area contributed by atoms with Crippen LogP contribution in [0.1, 0.15) is 32.3 Å². The summed E-state index contributed by atoms with van der Waals surface area (Å²) < 4.78 is 1.29. The summed E-state index contributed by atoms with van der Waals surface area (Å²) in [6.45, 7) is 2.55. The number of aryl methyl sites for hydroxylation is 1. The monoisotopic (exact) mass is 442 g/mol. The molecule has 2 N–H and O–H groups in total. The number of pyridine rings is 1. The molecular weight excluding hydrogens is 416 g/mol. The maximum absolute atomic E-state index is 13.0. The van der Waals surface area contributed by atoms with E-state index in [0.29, 0.717) is 22.7 Å². The molecule has 0 bridgehead atoms. The lowest BCUT2D eigenvalue weighted by Gasteiger charge is -2.28. The van der Waals surface area contributed by atoms with Crippen molar-refractivity contribution in [3.63, 3.8) is 0 Å². The SMILES string of the molecule is C.Cc1cc(-c2cccc(Cl)c2)nc2c(=O)n(CC(=O)C[C@H]3NCCC[C@@H]3O)cnc12. The van der Waals surface area contributed by atoms with Gasteiger partial charge in [-0.25, -0.2) is 9.97 Å². The van der Waals surface area contributed by atoms with Gasteiger partial charge in [0.2, 0.25) is 0 Å². The van der Waals surface area contributed by atoms with Gasteiger partial charge >= 0.3 is 0 Å². The van der Waals surface area contributed by atoms with Crippen LogP contribution in [-0.4, -0.2) is 44.1 Å². The van der Waals surface area contributed by atoms with E-state index >= 15 is 0 Å². The number of aromatic nitrogens is 3. The fraction of sp³-hybridized carbons (Fsp3) is 0.391. The second-order valence-corrected chi connectivity index (χ2v) is 8.16. The summed E-state index contributed by atoms with van der Waals surface area (Å²) in [5, 5.41) is 13.8. The fourth-order valence-corrected chi connectivity index (χ4v) is 4.04. The Morgan fingerprint density at radius 3 is 2.87 bits per heavy atom. The van der Waals surface area contributed by atoms with Gasteiger partial charge in [-0.2, -0.15) is 0 Å². The summed E-state index contributed by atoms with van der Waals surface area (Å²) in [4.78, 5) is 34.5. The molecule has 1 aromatic carbocycles. The Kier molecular flexibility index (Phi) is 7.20. The first-order valence-electron chi connectivity index (χ1n) is 9.98. The summed E-state index contributed by atoms with van der Waals surface area (Å²) in [6, 6.07) is 8.86. The normalized spacial score (nSPS) is 18.5. The van der Waals surface area contributed by atoms with E-state index in [9.17, 15) is 14.7 Å². The minimum atomic E-state index is -0.543. The van der Waals surface area contributed by atoms with Crippen LogP contribution in [0.4, 0.5) is 0 Å². The van der Waals surface area contributed by atoms with Gasteiger partial charge in [0.1, 0.15) is 0 Å². The number of nitrogens with zero attached hydrogens (tertiary/aromatic N) is 3. The molecule has 31 heavy (non-hydrogen) atoms. The minimum absolute atomic E-state index is 0. The lowest BCUT2D eigenvalue weighted by molar-refractivity contribution is -0.121. The molecule has 3 aromatic rings. The summed E-state index contributed by atoms with van der Waals surface area (Å²) in [5.74, 6) is -0.139. The van der Waals surface area contributed by atoms with Gasteiger partial charge in [-0.3, -0.25) is 14.2 Å². The van der Waals surface area contributed by atoms with Crippen molar-refractivity contribution < 1.29 is 9.90 Å². The summed E-state index contributed by atoms with van der Waals surface area (Å²) in [7, 11) is 0. The highest BCUT2D eigenvalue weighted by molar-refractivity contribution is 6.30. The number of hydrogen-bond acceptors (Lipinski definition) is 6. The first-order chi connectivity index (χ1) is 14.4. The number of Topliss-reactive ketones (excluding diaryl/α,β-unsaturated/α-hetero) is 1. The van der Waals surface area contributed by atoms with Crippen molar-refractivity contribution in [2.24, 2.45) is 0 Å². The zero-order valence-electron chi connectivity index (χ0n) is 16.6. The molecule has 3 heterocycles. The van der Waals surface area contributed by atoms with E-state index in [0.717, 1.165) is 24.1 Å². The third-order valence-electron chi connectivity index (χ3n) is 5.44. The Labute approximate surface area is 186 Å². The molecule has 0 aliphatic carbocycles. The van der Waals surface area contributed by atoms with E-state index in [1.807, 2.05) is 25.1 Å². The number of aliphatic hydroxyl groups is 1. The number of fused-ring (bicyclic) bond motifs is 1. The van der Waals surface area contributed by atoms with Crippen LogP contribution in [0, 0.1) is 6.92 Å². The maximum atomic E-state index is 13.0. The van der Waals surface area contributed by atoms with Crippen LogP contribution in [0.3, 0.4) is 0 Å². The fourth-order valence-electron chi connectivity index (χ4n) is 3.85. The highest BCUT2D eigenvalue weighted by Crippen LogP contribution is 2.24. The van der Waals surface area contributed by atoms with Crippen LogP contribution in [0.5, 0.6) is 0 Å². The number of benzene rings is 1. The van der Waals surface area contributed by atoms with Crippen LogP contribution >= 0.6 is 11.6 Å². The van der Waals surface area contributed by atoms with Crippen LogP contribution in [0.15, 0.2) is 41.5 Å². The molecule has 1 fully saturated rings. The van der Waals surface area contributed by atoms with Crippen LogP contribution in [0.2, 0.25) is 5.02 Å². The van der Waals surface area contributed by atoms with Crippen molar-refractivity contribution in [2.75, 3.05) is 6.54 Å². The number of aliphatic hydroxyl groups excluding tert-OH is 1. The largest absolute Gasteiger partial charge is 0.391 e. The van der Waals surface area contributed by atoms with Gasteiger partial charge in [-0.05, 0) is 50.1 Å². The van der Waals surface area contributed by atoms with E-state index in [1.54, 1.807) is 12.1 Å². The number of halogens is 1. The number of rotatable bonds is 5. The Hall–Kier alpha value is -2.61. The molecule has 0 amide bonds. The molecule has 2 aromatic heterocycles. The molecule has 1 aliphatic rings. The third kappa shape index (κ3) is 5.01. The first-order valence-corrected chi connectivity index (χ1v) is 10.4. The topological polar surface area (TPSA) is 97.1 Å². The van der Waals surface area contributed by atoms with Gasteiger partial charge in [-0.15, -0.1) is 0 Å². The predicted molar refractivity (Wildman–Crippen MR) is 122 cm³/mol. The molecule has 0 spiro atoms. The minimum Gasteiger partial charge on any atom is -0.391 e. The van der Waals surface area contributed by atoms with Crippen molar-refractivity contribution in [1.82, 2.24) is 19.9 Å². The predicted octanol–water partition coefficient (Wildman–Crippen LogP) is 3.13. The number of hydrogen-bond donors (Lipinski definition) is 2. The molecule has 4 rings (SSSR count). The highest BCUT2D eigenvalue weighted by Gasteiger charge is 2.25. The Morgan fingerprint density at radius 1 is 1.32 bits per heavy atom. The van der Waals surface area contributed by atoms with Gasteiger partial charge in [0.25, 0.3) is 5.56 Å². The summed E-state index contributed by atoms with van der Waals surface area (Å²) in [6.07, 6.45) is 2.58. The number of ketones is 1. The van der Waals surface area contributed by atoms with E-state index in [2.05, 4.69) is 15.3 Å². The molecule has 0 unspecified atom stereocenters. The average molecular weight is 443 g/mol. The van der Waals surface area contributed by atoms with Crippen molar-refractivity contribution >= 4 is 28.4 Å². The van der Waals surface area contributed by atoms with Crippen molar-refractivity contribution in [3.8, 4) is 11.3 Å². The number of nitrogens with one attached hydrogen (secondary N) is 1. The van der Waals surface area contributed by atoms with Crippen molar-refractivity contribution in [1.29, 1.82) is 0 Å². The molecule has 2 atom stereocenters. The van der Waals surface area contributed by atoms with E-state index in [1.165, 1.54) is 10.9 Å². The van der Waals surface area contributed by atoms with E-state index in [4.69, 9.17) is 11.6 Å². The standard InChI is InChI=1S/C22H23ClN4O3.CH4/c1-13-8-17(14-4-2-5-15(23)9-14)26-21-20(13)25-12-27(22(21)30)11-16(28)10-18-19(29)6-3-7-24-18;/h2,4-5,8-9,12,18-19,24,29H,3,6-7,10-11H2,1H3;1H4/t18-,19+;/m1./s1. The number of carbonyl (C=O) groups is 1. The van der Waals surface area contributed by atoms with Gasteiger partial charge in [0, 0.05) is 23.0 Å². The van der Waals surface area contributed by atoms with Gasteiger partial charge in [0.15, 0.2) is 11.3 Å². The Morgan fingerprint density at radius 2 is 2.13 bits per heavy atom. The van der Waals surface area contributed by atoms with Gasteiger partial charge in [-0.1, -0.05) is 31.2 Å². The Bertz CT molecular complexity index is 1160. The lowest BCUT2D eigenvalue weighted by atomic mass is 9.97. The Balaban J connectivity index is 0.00000272. The summed E-state index contributed by atoms with van der Waals surface area (Å²) >= 11 is 6.09. The summed E-state index contributed by atoms with van der Waals surface area (Å²) in [5.41, 5.74) is 2.61. The second-order valence-electron chi connectivity index (χ2n) is 7.72. The zero-order chi connectivity index (χ0) is 21.3. The quantitative estimate of drug-likeness (QED) is 0.630. The molecule has 0 radical (unpaired) electrons.